The largest absolute Gasteiger partial charge is 0.480 e. The van der Waals surface area contributed by atoms with E-state index in [2.05, 4.69) is 0 Å². The predicted molar refractivity (Wildman–Crippen MR) is 70.7 cm³/mol. The highest BCUT2D eigenvalue weighted by atomic mass is 16.5. The van der Waals surface area contributed by atoms with Gasteiger partial charge in [0.2, 0.25) is 0 Å². The molecule has 110 valence electrons. The van der Waals surface area contributed by atoms with Crippen LogP contribution in [-0.2, 0) is 9.53 Å². The van der Waals surface area contributed by atoms with Gasteiger partial charge in [-0.2, -0.15) is 0 Å². The van der Waals surface area contributed by atoms with E-state index in [9.17, 15) is 9.90 Å². The molecule has 0 bridgehead atoms. The van der Waals surface area contributed by atoms with Crippen LogP contribution in [0, 0.1) is 0 Å². The molecule has 5 N–H and O–H groups in total. The first kappa shape index (κ1) is 16.4. The molecule has 0 radical (unpaired) electrons. The predicted octanol–water partition coefficient (Wildman–Crippen LogP) is -1.26. The molecule has 1 saturated heterocycles. The Morgan fingerprint density at radius 3 is 2.47 bits per heavy atom. The second kappa shape index (κ2) is 7.81. The van der Waals surface area contributed by atoms with Crippen molar-refractivity contribution in [1.82, 2.24) is 4.90 Å². The van der Waals surface area contributed by atoms with E-state index in [4.69, 9.17) is 20.5 Å². The van der Waals surface area contributed by atoms with Gasteiger partial charge in [0.25, 0.3) is 0 Å². The number of carbonyl (C=O) groups is 1. The van der Waals surface area contributed by atoms with Crippen LogP contribution in [0.1, 0.15) is 19.3 Å². The van der Waals surface area contributed by atoms with Crippen LogP contribution in [0.4, 0.5) is 0 Å². The number of rotatable bonds is 8. The minimum absolute atomic E-state index is 0.243. The molecule has 0 aromatic carbocycles. The van der Waals surface area contributed by atoms with E-state index in [0.29, 0.717) is 52.1 Å². The first-order valence-corrected chi connectivity index (χ1v) is 6.62. The summed E-state index contributed by atoms with van der Waals surface area (Å²) < 4.78 is 5.21. The average Bonchev–Trinajstić information content (AvgIpc) is 2.35. The quantitative estimate of drug-likeness (QED) is 0.322. The fourth-order valence-electron chi connectivity index (χ4n) is 2.18. The monoisotopic (exact) mass is 274 g/mol. The summed E-state index contributed by atoms with van der Waals surface area (Å²) in [7, 11) is -1.34. The van der Waals surface area contributed by atoms with Crippen molar-refractivity contribution in [2.24, 2.45) is 5.73 Å². The molecule has 8 heteroatoms. The number of hydrogen-bond donors (Lipinski definition) is 4. The van der Waals surface area contributed by atoms with Gasteiger partial charge in [0.1, 0.15) is 5.54 Å². The van der Waals surface area contributed by atoms with Crippen molar-refractivity contribution in [3.63, 3.8) is 0 Å². The average molecular weight is 274 g/mol. The molecule has 0 amide bonds. The summed E-state index contributed by atoms with van der Waals surface area (Å²) in [6.45, 7) is 2.90. The Hall–Kier alpha value is -0.665. The van der Waals surface area contributed by atoms with Gasteiger partial charge in [0.05, 0.1) is 13.2 Å². The second-order valence-electron chi connectivity index (χ2n) is 5.08. The zero-order chi connectivity index (χ0) is 14.3. The molecule has 1 aliphatic heterocycles. The summed E-state index contributed by atoms with van der Waals surface area (Å²) in [4.78, 5) is 13.3. The lowest BCUT2D eigenvalue weighted by Crippen LogP contribution is -2.57. The van der Waals surface area contributed by atoms with E-state index in [1.54, 1.807) is 0 Å². The summed E-state index contributed by atoms with van der Waals surface area (Å²) in [6, 6.07) is 0. The van der Waals surface area contributed by atoms with E-state index >= 15 is 0 Å². The summed E-state index contributed by atoms with van der Waals surface area (Å²) in [5, 5.41) is 26.8. The highest BCUT2D eigenvalue weighted by Crippen LogP contribution is 2.16. The molecule has 1 heterocycles. The van der Waals surface area contributed by atoms with Crippen LogP contribution in [0.25, 0.3) is 0 Å². The lowest BCUT2D eigenvalue weighted by Gasteiger charge is -2.34. The molecule has 0 saturated carbocycles. The van der Waals surface area contributed by atoms with Crippen molar-refractivity contribution in [2.45, 2.75) is 31.1 Å². The van der Waals surface area contributed by atoms with E-state index in [-0.39, 0.29) is 6.32 Å². The van der Waals surface area contributed by atoms with Gasteiger partial charge in [-0.3, -0.25) is 9.69 Å². The molecule has 1 unspecified atom stereocenters. The molecule has 1 rings (SSSR count). The van der Waals surface area contributed by atoms with Gasteiger partial charge in [0, 0.05) is 19.6 Å². The lowest BCUT2D eigenvalue weighted by atomic mass is 9.82. The Balaban J connectivity index is 2.41. The molecule has 1 fully saturated rings. The minimum atomic E-state index is -1.34. The molecule has 7 nitrogen and oxygen atoms in total. The summed E-state index contributed by atoms with van der Waals surface area (Å²) in [5.41, 5.74) is 4.70. The van der Waals surface area contributed by atoms with Crippen molar-refractivity contribution in [3.8, 4) is 0 Å². The Labute approximate surface area is 113 Å². The number of morpholine rings is 1. The van der Waals surface area contributed by atoms with E-state index in [1.165, 1.54) is 0 Å². The van der Waals surface area contributed by atoms with Crippen molar-refractivity contribution >= 4 is 13.1 Å². The van der Waals surface area contributed by atoms with Crippen LogP contribution in [0.15, 0.2) is 0 Å². The molecule has 1 atom stereocenters. The van der Waals surface area contributed by atoms with Crippen LogP contribution < -0.4 is 5.73 Å². The first-order chi connectivity index (χ1) is 8.94. The van der Waals surface area contributed by atoms with E-state index in [0.717, 1.165) is 0 Å². The number of carboxylic acid groups (broad SMARTS) is 1. The van der Waals surface area contributed by atoms with Crippen molar-refractivity contribution in [3.05, 3.63) is 0 Å². The first-order valence-electron chi connectivity index (χ1n) is 6.62. The van der Waals surface area contributed by atoms with Gasteiger partial charge < -0.3 is 25.6 Å². The lowest BCUT2D eigenvalue weighted by molar-refractivity contribution is -0.145. The smallest absolute Gasteiger partial charge is 0.451 e. The van der Waals surface area contributed by atoms with Gasteiger partial charge in [-0.1, -0.05) is 12.8 Å². The van der Waals surface area contributed by atoms with E-state index in [1.807, 2.05) is 4.90 Å². The summed E-state index contributed by atoms with van der Waals surface area (Å²) in [6.07, 6.45) is 1.68. The molecular formula is C11H23BN2O5. The highest BCUT2D eigenvalue weighted by Gasteiger charge is 2.35. The standard InChI is InChI=1S/C11H23BN2O5/c13-11(10(15)16,3-1-2-4-12(17)18)9-14-5-7-19-8-6-14/h17-18H,1-9,13H2,(H,15,16). The number of nitrogens with zero attached hydrogens (tertiary/aromatic N) is 1. The van der Waals surface area contributed by atoms with Crippen LogP contribution >= 0.6 is 0 Å². The molecular weight excluding hydrogens is 251 g/mol. The van der Waals surface area contributed by atoms with Gasteiger partial charge in [-0.15, -0.1) is 0 Å². The number of carboxylic acids is 1. The Kier molecular flexibility index (Phi) is 6.74. The molecule has 19 heavy (non-hydrogen) atoms. The van der Waals surface area contributed by atoms with Gasteiger partial charge >= 0.3 is 13.1 Å². The molecule has 0 spiro atoms. The van der Waals surface area contributed by atoms with Gasteiger partial charge in [0.15, 0.2) is 0 Å². The number of nitrogens with two attached hydrogens (primary N) is 1. The fraction of sp³-hybridized carbons (Fsp3) is 0.909. The zero-order valence-electron chi connectivity index (χ0n) is 11.1. The Morgan fingerprint density at radius 2 is 1.95 bits per heavy atom. The maximum atomic E-state index is 11.3. The van der Waals surface area contributed by atoms with Crippen LogP contribution in [0.5, 0.6) is 0 Å². The maximum Gasteiger partial charge on any atom is 0.451 e. The number of ether oxygens (including phenoxy) is 1. The van der Waals surface area contributed by atoms with E-state index < -0.39 is 18.6 Å². The fourth-order valence-corrected chi connectivity index (χ4v) is 2.18. The molecule has 0 aromatic heterocycles. The third-order valence-corrected chi connectivity index (χ3v) is 3.37. The second-order valence-corrected chi connectivity index (χ2v) is 5.08. The molecule has 1 aliphatic rings. The van der Waals surface area contributed by atoms with Gasteiger partial charge in [-0.05, 0) is 12.7 Å². The maximum absolute atomic E-state index is 11.3. The van der Waals surface area contributed by atoms with Crippen LogP contribution in [-0.4, -0.2) is 71.5 Å². The Bertz CT molecular complexity index is 286. The minimum Gasteiger partial charge on any atom is -0.480 e. The van der Waals surface area contributed by atoms with Gasteiger partial charge in [-0.25, -0.2) is 0 Å². The molecule has 0 aliphatic carbocycles. The van der Waals surface area contributed by atoms with Crippen LogP contribution in [0.3, 0.4) is 0 Å². The normalized spacial score (nSPS) is 19.9. The number of unbranched alkanes of at least 4 members (excludes halogenated alkanes) is 1. The van der Waals surface area contributed by atoms with Crippen molar-refractivity contribution in [1.29, 1.82) is 0 Å². The zero-order valence-corrected chi connectivity index (χ0v) is 11.1. The third kappa shape index (κ3) is 5.88. The van der Waals surface area contributed by atoms with Crippen molar-refractivity contribution < 1.29 is 24.7 Å². The van der Waals surface area contributed by atoms with Crippen LogP contribution in [0.2, 0.25) is 6.32 Å². The third-order valence-electron chi connectivity index (χ3n) is 3.37. The summed E-state index contributed by atoms with van der Waals surface area (Å²) >= 11 is 0. The Morgan fingerprint density at radius 1 is 1.32 bits per heavy atom. The molecule has 0 aromatic rings. The number of aliphatic carboxylic acids is 1. The van der Waals surface area contributed by atoms with Crippen molar-refractivity contribution in [2.75, 3.05) is 32.8 Å². The number of hydrogen-bond acceptors (Lipinski definition) is 6. The SMILES string of the molecule is NC(CCCCB(O)O)(CN1CCOCC1)C(=O)O. The highest BCUT2D eigenvalue weighted by molar-refractivity contribution is 6.40. The topological polar surface area (TPSA) is 116 Å². The summed E-state index contributed by atoms with van der Waals surface area (Å²) in [5.74, 6) is -1.01.